The molecule has 3 nitrogen and oxygen atoms in total. The second-order valence-corrected chi connectivity index (χ2v) is 3.15. The van der Waals surface area contributed by atoms with Gasteiger partial charge in [0, 0.05) is 0 Å². The summed E-state index contributed by atoms with van der Waals surface area (Å²) in [6, 6.07) is -0.657. The van der Waals surface area contributed by atoms with Crippen molar-refractivity contribution < 1.29 is 4.79 Å². The molecule has 3 N–H and O–H groups in total. The Morgan fingerprint density at radius 2 is 2.31 bits per heavy atom. The number of unbranched alkanes of at least 4 members (excludes halogenated alkanes) is 1. The molecule has 0 saturated carbocycles. The van der Waals surface area contributed by atoms with Crippen molar-refractivity contribution in [2.45, 2.75) is 45.2 Å². The Bertz CT molecular complexity index is 196. The third-order valence-electron chi connectivity index (χ3n) is 1.81. The molecule has 0 aromatic carbocycles. The first-order valence-corrected chi connectivity index (χ1v) is 4.63. The average molecular weight is 182 g/mol. The van der Waals surface area contributed by atoms with E-state index >= 15 is 0 Å². The molecule has 0 aliphatic heterocycles. The van der Waals surface area contributed by atoms with E-state index < -0.39 is 6.04 Å². The van der Waals surface area contributed by atoms with Gasteiger partial charge in [-0.15, -0.1) is 6.42 Å². The van der Waals surface area contributed by atoms with Crippen LogP contribution in [0, 0.1) is 12.3 Å². The van der Waals surface area contributed by atoms with Crippen LogP contribution in [0.25, 0.3) is 0 Å². The molecule has 13 heavy (non-hydrogen) atoms. The predicted octanol–water partition coefficient (Wildman–Crippen LogP) is 0.642. The molecule has 74 valence electrons. The van der Waals surface area contributed by atoms with E-state index in [2.05, 4.69) is 18.2 Å². The van der Waals surface area contributed by atoms with Crippen LogP contribution in [0.15, 0.2) is 0 Å². The van der Waals surface area contributed by atoms with Crippen LogP contribution in [-0.2, 0) is 4.79 Å². The number of nitrogens with one attached hydrogen (secondary N) is 1. The number of nitrogens with two attached hydrogens (primary N) is 1. The second kappa shape index (κ2) is 6.50. The summed E-state index contributed by atoms with van der Waals surface area (Å²) >= 11 is 0. The van der Waals surface area contributed by atoms with Crippen molar-refractivity contribution >= 4 is 5.91 Å². The molecule has 0 bridgehead atoms. The highest BCUT2D eigenvalue weighted by Crippen LogP contribution is 1.98. The van der Waals surface area contributed by atoms with Gasteiger partial charge in [0.1, 0.15) is 0 Å². The first-order chi connectivity index (χ1) is 6.11. The summed E-state index contributed by atoms with van der Waals surface area (Å²) in [7, 11) is 0. The zero-order valence-electron chi connectivity index (χ0n) is 8.34. The van der Waals surface area contributed by atoms with Gasteiger partial charge in [-0.3, -0.25) is 4.79 Å². The third-order valence-corrected chi connectivity index (χ3v) is 1.81. The fourth-order valence-electron chi connectivity index (χ4n) is 0.917. The summed E-state index contributed by atoms with van der Waals surface area (Å²) in [4.78, 5) is 11.3. The molecule has 0 saturated heterocycles. The van der Waals surface area contributed by atoms with Gasteiger partial charge in [0.25, 0.3) is 0 Å². The van der Waals surface area contributed by atoms with E-state index in [1.54, 1.807) is 6.92 Å². The van der Waals surface area contributed by atoms with E-state index in [-0.39, 0.29) is 11.9 Å². The molecular weight excluding hydrogens is 164 g/mol. The summed E-state index contributed by atoms with van der Waals surface area (Å²) in [5.74, 6) is 2.27. The van der Waals surface area contributed by atoms with Gasteiger partial charge in [-0.25, -0.2) is 0 Å². The lowest BCUT2D eigenvalue weighted by Gasteiger charge is -2.13. The molecule has 0 radical (unpaired) electrons. The highest BCUT2D eigenvalue weighted by atomic mass is 16.2. The smallest absolute Gasteiger partial charge is 0.237 e. The van der Waals surface area contributed by atoms with Gasteiger partial charge in [0.05, 0.1) is 12.1 Å². The van der Waals surface area contributed by atoms with E-state index in [9.17, 15) is 4.79 Å². The van der Waals surface area contributed by atoms with Gasteiger partial charge in [0.15, 0.2) is 0 Å². The summed E-state index contributed by atoms with van der Waals surface area (Å²) in [6.45, 7) is 3.82. The fraction of sp³-hybridized carbons (Fsp3) is 0.700. The monoisotopic (exact) mass is 182 g/mol. The van der Waals surface area contributed by atoms with E-state index in [0.717, 1.165) is 19.3 Å². The van der Waals surface area contributed by atoms with Crippen LogP contribution in [0.4, 0.5) is 0 Å². The first kappa shape index (κ1) is 12.0. The molecule has 0 fully saturated rings. The van der Waals surface area contributed by atoms with Gasteiger partial charge >= 0.3 is 0 Å². The minimum atomic E-state index is -0.421. The van der Waals surface area contributed by atoms with Crippen molar-refractivity contribution in [2.75, 3.05) is 0 Å². The molecule has 0 aliphatic carbocycles. The Hall–Kier alpha value is -1.01. The summed E-state index contributed by atoms with van der Waals surface area (Å²) in [5.41, 5.74) is 5.63. The van der Waals surface area contributed by atoms with Crippen LogP contribution < -0.4 is 11.1 Å². The Morgan fingerprint density at radius 1 is 1.69 bits per heavy atom. The molecular formula is C10H18N2O. The second-order valence-electron chi connectivity index (χ2n) is 3.15. The van der Waals surface area contributed by atoms with Crippen LogP contribution in [0.3, 0.4) is 0 Å². The molecule has 0 heterocycles. The van der Waals surface area contributed by atoms with Crippen LogP contribution in [-0.4, -0.2) is 18.0 Å². The standard InChI is InChI=1S/C10H18N2O/c1-4-6-7-9(11)10(13)12-8(3)5-2/h2,8-9H,4,6-7,11H2,1,3H3,(H,12,13). The van der Waals surface area contributed by atoms with Crippen molar-refractivity contribution in [3.63, 3.8) is 0 Å². The lowest BCUT2D eigenvalue weighted by Crippen LogP contribution is -2.43. The Morgan fingerprint density at radius 3 is 2.77 bits per heavy atom. The van der Waals surface area contributed by atoms with Gasteiger partial charge in [0.2, 0.25) is 5.91 Å². The fourth-order valence-corrected chi connectivity index (χ4v) is 0.917. The van der Waals surface area contributed by atoms with Crippen molar-refractivity contribution in [1.82, 2.24) is 5.32 Å². The van der Waals surface area contributed by atoms with Crippen molar-refractivity contribution in [2.24, 2.45) is 5.73 Å². The topological polar surface area (TPSA) is 55.1 Å². The lowest BCUT2D eigenvalue weighted by molar-refractivity contribution is -0.122. The van der Waals surface area contributed by atoms with E-state index in [0.29, 0.717) is 0 Å². The normalized spacial score (nSPS) is 14.3. The van der Waals surface area contributed by atoms with Crippen LogP contribution in [0.2, 0.25) is 0 Å². The van der Waals surface area contributed by atoms with Crippen LogP contribution >= 0.6 is 0 Å². The highest BCUT2D eigenvalue weighted by Gasteiger charge is 2.13. The number of carbonyl (C=O) groups excluding carboxylic acids is 1. The zero-order chi connectivity index (χ0) is 10.3. The van der Waals surface area contributed by atoms with Gasteiger partial charge in [-0.05, 0) is 13.3 Å². The van der Waals surface area contributed by atoms with E-state index in [1.165, 1.54) is 0 Å². The maximum atomic E-state index is 11.3. The molecule has 3 heteroatoms. The average Bonchev–Trinajstić information content (AvgIpc) is 2.13. The molecule has 0 rings (SSSR count). The zero-order valence-corrected chi connectivity index (χ0v) is 8.34. The van der Waals surface area contributed by atoms with Crippen molar-refractivity contribution in [3.8, 4) is 12.3 Å². The molecule has 2 atom stereocenters. The summed E-state index contributed by atoms with van der Waals surface area (Å²) < 4.78 is 0. The van der Waals surface area contributed by atoms with Crippen LogP contribution in [0.1, 0.15) is 33.1 Å². The van der Waals surface area contributed by atoms with Gasteiger partial charge in [-0.2, -0.15) is 0 Å². The number of rotatable bonds is 5. The molecule has 1 amide bonds. The number of hydrogen-bond acceptors (Lipinski definition) is 2. The molecule has 0 aliphatic rings. The Labute approximate surface area is 80.1 Å². The highest BCUT2D eigenvalue weighted by molar-refractivity contribution is 5.81. The maximum Gasteiger partial charge on any atom is 0.237 e. The number of terminal acetylenes is 1. The van der Waals surface area contributed by atoms with Gasteiger partial charge < -0.3 is 11.1 Å². The molecule has 2 unspecified atom stereocenters. The quantitative estimate of drug-likeness (QED) is 0.613. The molecule has 0 aromatic rings. The molecule has 0 spiro atoms. The minimum absolute atomic E-state index is 0.154. The number of amides is 1. The minimum Gasteiger partial charge on any atom is -0.341 e. The maximum absolute atomic E-state index is 11.3. The molecule has 0 aromatic heterocycles. The third kappa shape index (κ3) is 5.26. The van der Waals surface area contributed by atoms with Crippen LogP contribution in [0.5, 0.6) is 0 Å². The Kier molecular flexibility index (Phi) is 5.99. The summed E-state index contributed by atoms with van der Waals surface area (Å²) in [6.07, 6.45) is 7.86. The lowest BCUT2D eigenvalue weighted by atomic mass is 10.1. The van der Waals surface area contributed by atoms with Gasteiger partial charge in [-0.1, -0.05) is 25.7 Å². The van der Waals surface area contributed by atoms with Crippen molar-refractivity contribution in [3.05, 3.63) is 0 Å². The first-order valence-electron chi connectivity index (χ1n) is 4.63. The Balaban J connectivity index is 3.77. The van der Waals surface area contributed by atoms with E-state index in [1.807, 2.05) is 0 Å². The van der Waals surface area contributed by atoms with E-state index in [4.69, 9.17) is 12.2 Å². The summed E-state index contributed by atoms with van der Waals surface area (Å²) in [5, 5.41) is 2.64. The van der Waals surface area contributed by atoms with Crippen molar-refractivity contribution in [1.29, 1.82) is 0 Å². The number of carbonyl (C=O) groups is 1. The predicted molar refractivity (Wildman–Crippen MR) is 53.9 cm³/mol. The SMILES string of the molecule is C#CC(C)NC(=O)C(N)CCCC. The number of hydrogen-bond donors (Lipinski definition) is 2. The largest absolute Gasteiger partial charge is 0.341 e.